The van der Waals surface area contributed by atoms with Crippen molar-refractivity contribution < 1.29 is 96.7 Å². The molecule has 0 bridgehead atoms. The van der Waals surface area contributed by atoms with Crippen molar-refractivity contribution in [2.75, 3.05) is 19.6 Å². The van der Waals surface area contributed by atoms with Gasteiger partial charge in [0.25, 0.3) is 11.8 Å². The molecule has 0 unspecified atom stereocenters. The minimum Gasteiger partial charge on any atom is -0.478 e. The second-order valence-corrected chi connectivity index (χ2v) is 28.6. The number of nitrogens with one attached hydrogen (secondary N) is 1. The summed E-state index contributed by atoms with van der Waals surface area (Å²) in [5, 5.41) is 40.9. The van der Waals surface area contributed by atoms with Crippen LogP contribution in [0.5, 0.6) is 0 Å². The Labute approximate surface area is 622 Å². The Balaban J connectivity index is 0.000000196. The minimum atomic E-state index is -4.81. The first-order valence-electron chi connectivity index (χ1n) is 36.6. The van der Waals surface area contributed by atoms with Gasteiger partial charge in [0.05, 0.1) is 5.56 Å². The molecule has 4 aliphatic rings. The standard InChI is InChI=1S/2C24H27F4NO2.C14H20FN.C12H13FO.C10H9F3O3/c2*1-3-29(21-14-8-17(9-15-21)16-6-12-20(25)13-7-16)22(30)18-4-10-19(11-5-18)23(2,31)24(26,27)28;1-2-16-14-9-5-12(6-10-14)11-3-7-13(15)8-4-11;13-11-5-1-9(2-6-11)10-3-7-12(14)8-4-10;1-9(16,10(11,12)13)7-4-2-6(3-5-7)8(14)15/h2*4-7,10-13,17,21,31H,3,8-9,14-15H2,1-2H3;3-4,7-8,12,14,16H,2,5-6,9-10H2,1H3;1-2,5-6,10H,3-4,7-8H2;2-5,16H,1H3,(H,14,15)/t2*17?,21?,23-;;;9-/m00..0/s1. The van der Waals surface area contributed by atoms with Gasteiger partial charge < -0.3 is 35.5 Å². The lowest BCUT2D eigenvalue weighted by Gasteiger charge is -2.36. The highest BCUT2D eigenvalue weighted by Gasteiger charge is 2.53. The molecule has 586 valence electrons. The zero-order chi connectivity index (χ0) is 79.5. The van der Waals surface area contributed by atoms with E-state index < -0.39 is 46.9 Å². The minimum absolute atomic E-state index is 0.0483. The molecular weight excluding hydrogens is 1430 g/mol. The molecule has 4 fully saturated rings. The molecule has 108 heavy (non-hydrogen) atoms. The van der Waals surface area contributed by atoms with Crippen LogP contribution in [-0.2, 0) is 21.6 Å². The summed E-state index contributed by atoms with van der Waals surface area (Å²) in [6.07, 6.45) is 0.487. The van der Waals surface area contributed by atoms with Crippen LogP contribution in [0, 0.1) is 23.3 Å². The highest BCUT2D eigenvalue weighted by Crippen LogP contribution is 2.43. The van der Waals surface area contributed by atoms with Gasteiger partial charge in [0.1, 0.15) is 29.1 Å². The third kappa shape index (κ3) is 23.3. The summed E-state index contributed by atoms with van der Waals surface area (Å²) >= 11 is 0. The van der Waals surface area contributed by atoms with Crippen molar-refractivity contribution in [3.63, 3.8) is 0 Å². The molecule has 7 aromatic rings. The molecular formula is C84H96F13N3O8. The summed E-state index contributed by atoms with van der Waals surface area (Å²) in [6, 6.07) is 41.4. The molecule has 0 spiro atoms. The number of alkyl halides is 9. The van der Waals surface area contributed by atoms with Crippen molar-refractivity contribution in [1.82, 2.24) is 15.1 Å². The van der Waals surface area contributed by atoms with Crippen LogP contribution in [0.4, 0.5) is 57.1 Å². The van der Waals surface area contributed by atoms with E-state index in [1.165, 1.54) is 97.5 Å². The summed E-state index contributed by atoms with van der Waals surface area (Å²) in [6.45, 7) is 9.98. The Morgan fingerprint density at radius 2 is 0.611 bits per heavy atom. The molecule has 11 nitrogen and oxygen atoms in total. The first-order valence-corrected chi connectivity index (χ1v) is 36.6. The predicted molar refractivity (Wildman–Crippen MR) is 387 cm³/mol. The van der Waals surface area contributed by atoms with Gasteiger partial charge in [0.15, 0.2) is 16.8 Å². The number of carboxylic acid groups (broad SMARTS) is 1. The summed E-state index contributed by atoms with van der Waals surface area (Å²) in [5.41, 5.74) is -4.82. The van der Waals surface area contributed by atoms with E-state index in [-0.39, 0.29) is 63.9 Å². The number of carboxylic acids is 1. The molecule has 24 heteroatoms. The molecule has 7 aromatic carbocycles. The molecule has 11 rings (SSSR count). The Morgan fingerprint density at radius 1 is 0.370 bits per heavy atom. The highest BCUT2D eigenvalue weighted by molar-refractivity contribution is 5.95. The Morgan fingerprint density at radius 3 is 0.843 bits per heavy atom. The number of aliphatic hydroxyl groups is 3. The van der Waals surface area contributed by atoms with E-state index in [1.54, 1.807) is 46.2 Å². The third-order valence-electron chi connectivity index (χ3n) is 21.3. The quantitative estimate of drug-likeness (QED) is 0.0592. The highest BCUT2D eigenvalue weighted by atomic mass is 19.4. The van der Waals surface area contributed by atoms with Crippen molar-refractivity contribution in [1.29, 1.82) is 0 Å². The molecule has 4 aliphatic carbocycles. The van der Waals surface area contributed by atoms with Crippen molar-refractivity contribution in [2.24, 2.45) is 0 Å². The van der Waals surface area contributed by atoms with Crippen LogP contribution in [0.2, 0.25) is 0 Å². The average Bonchev–Trinajstić information content (AvgIpc) is 0.799. The van der Waals surface area contributed by atoms with Crippen molar-refractivity contribution in [3.05, 3.63) is 249 Å². The number of aromatic carboxylic acids is 1. The monoisotopic (exact) mass is 1520 g/mol. The molecule has 4 saturated carbocycles. The van der Waals surface area contributed by atoms with Crippen molar-refractivity contribution in [2.45, 2.75) is 221 Å². The Bertz CT molecular complexity index is 3800. The molecule has 2 amide bonds. The lowest BCUT2D eigenvalue weighted by molar-refractivity contribution is -0.259. The Kier molecular flexibility index (Phi) is 30.7. The van der Waals surface area contributed by atoms with Gasteiger partial charge in [0, 0.05) is 55.2 Å². The van der Waals surface area contributed by atoms with Gasteiger partial charge in [-0.1, -0.05) is 91.9 Å². The number of nitrogens with zero attached hydrogens (tertiary/aromatic N) is 2. The number of benzene rings is 7. The average molecular weight is 1520 g/mol. The van der Waals surface area contributed by atoms with Gasteiger partial charge in [-0.3, -0.25) is 14.4 Å². The second kappa shape index (κ2) is 38.3. The van der Waals surface area contributed by atoms with Gasteiger partial charge in [-0.25, -0.2) is 22.4 Å². The van der Waals surface area contributed by atoms with Gasteiger partial charge in [0.2, 0.25) is 0 Å². The van der Waals surface area contributed by atoms with E-state index in [9.17, 15) is 91.6 Å². The predicted octanol–water partition coefficient (Wildman–Crippen LogP) is 20.2. The summed E-state index contributed by atoms with van der Waals surface area (Å²) in [5.74, 6) is -0.442. The maximum Gasteiger partial charge on any atom is 0.421 e. The molecule has 0 heterocycles. The molecule has 3 atom stereocenters. The number of Topliss-reactive ketones (excluding diaryl/α,β-unsaturated/α-hetero) is 1. The molecule has 0 aliphatic heterocycles. The van der Waals surface area contributed by atoms with Crippen molar-refractivity contribution in [3.8, 4) is 0 Å². The van der Waals surface area contributed by atoms with Crippen LogP contribution >= 0.6 is 0 Å². The fraction of sp³-hybridized carbons (Fsp3) is 0.452. The van der Waals surface area contributed by atoms with Gasteiger partial charge in [-0.2, -0.15) is 39.5 Å². The molecule has 0 aromatic heterocycles. The normalized spacial score (nSPS) is 20.8. The number of halogens is 13. The maximum absolute atomic E-state index is 13.2. The number of carbonyl (C=O) groups is 4. The smallest absolute Gasteiger partial charge is 0.421 e. The summed E-state index contributed by atoms with van der Waals surface area (Å²) < 4.78 is 167. The van der Waals surface area contributed by atoms with Crippen molar-refractivity contribution >= 4 is 23.6 Å². The van der Waals surface area contributed by atoms with E-state index >= 15 is 0 Å². The third-order valence-corrected chi connectivity index (χ3v) is 21.3. The zero-order valence-corrected chi connectivity index (χ0v) is 61.4. The first-order chi connectivity index (χ1) is 50.8. The fourth-order valence-corrected chi connectivity index (χ4v) is 14.3. The SMILES string of the molecule is CCN(C(=O)c1ccc([C@](C)(O)C(F)(F)F)cc1)C1CCC(c2ccc(F)cc2)CC1.CCN(C(=O)c1ccc([C@](C)(O)C(F)(F)F)cc1)C1CCC(c2ccc(F)cc2)CC1.CCNC1CCC(c2ccc(F)cc2)CC1.C[C@](O)(c1ccc(C(=O)O)cc1)C(F)(F)F.O=C1CCC(c2ccc(F)cc2)CC1. The van der Waals surface area contributed by atoms with Gasteiger partial charge in [-0.05, 0) is 279 Å². The van der Waals surface area contributed by atoms with Crippen LogP contribution < -0.4 is 5.32 Å². The molecule has 0 radical (unpaired) electrons. The number of amides is 2. The second-order valence-electron chi connectivity index (χ2n) is 28.6. The van der Waals surface area contributed by atoms with Crippen LogP contribution in [0.1, 0.15) is 238 Å². The van der Waals surface area contributed by atoms with Crippen LogP contribution in [-0.4, -0.2) is 110 Å². The lowest BCUT2D eigenvalue weighted by atomic mass is 9.81. The van der Waals surface area contributed by atoms with Crippen LogP contribution in [0.3, 0.4) is 0 Å². The van der Waals surface area contributed by atoms with E-state index in [0.717, 1.165) is 130 Å². The van der Waals surface area contributed by atoms with E-state index in [1.807, 2.05) is 38.1 Å². The largest absolute Gasteiger partial charge is 0.478 e. The number of ketones is 1. The lowest BCUT2D eigenvalue weighted by Crippen LogP contribution is -2.42. The number of hydrogen-bond acceptors (Lipinski definition) is 8. The molecule has 5 N–H and O–H groups in total. The maximum atomic E-state index is 13.2. The van der Waals surface area contributed by atoms with Gasteiger partial charge >= 0.3 is 24.5 Å². The fourth-order valence-electron chi connectivity index (χ4n) is 14.3. The van der Waals surface area contributed by atoms with Crippen LogP contribution in [0.25, 0.3) is 0 Å². The van der Waals surface area contributed by atoms with E-state index in [4.69, 9.17) is 5.11 Å². The zero-order valence-electron chi connectivity index (χ0n) is 61.4. The summed E-state index contributed by atoms with van der Waals surface area (Å²) in [7, 11) is 0. The van der Waals surface area contributed by atoms with E-state index in [2.05, 4.69) is 12.2 Å². The van der Waals surface area contributed by atoms with Gasteiger partial charge in [-0.15, -0.1) is 0 Å². The number of hydrogen-bond donors (Lipinski definition) is 5. The Hall–Kier alpha value is -8.45. The van der Waals surface area contributed by atoms with Crippen LogP contribution in [0.15, 0.2) is 170 Å². The number of carbonyl (C=O) groups excluding carboxylic acids is 3. The topological polar surface area (TPSA) is 168 Å². The molecule has 0 saturated heterocycles. The van der Waals surface area contributed by atoms with E-state index in [0.29, 0.717) is 93.3 Å². The number of rotatable bonds is 16. The first kappa shape index (κ1) is 86.8. The summed E-state index contributed by atoms with van der Waals surface area (Å²) in [4.78, 5) is 51.1.